The third-order valence-corrected chi connectivity index (χ3v) is 17.3. The molecule has 0 spiro atoms. The standard InChI is InChI=1S/C25H24N6O.C24H22N6O.C21H22N6O.3H2S/c1-4-19(30-24-22-23(27-13-26-22)28-14-29-24)20-12-17-9-6-8-16(3)21(17)25(32)31(20)18-10-5-7-15(2)11-18;1-14-7-4-5-10-18(14)30-19(11-17-9-6-8-15(2)20(17)24(30)31)16(3)29-23-21-22(26-12-25-21)27-13-28-23;1-12-5-3-6-14-9-16(27(15-7-4-8-15)21(28)17(12)14)13(2)26-20-18-19(23-10-22-18)24-11-25-20;;;/h5-14,19H,4H2,1-3H3,(H2,26,27,28,29,30);4-13,16H,1-3H3,(H2,25,26,27,28,29);3,5-6,9-11,13,15H,4,7-8H2,1-2H3,(H2,22,23,24,25,26);3*1H2/t19-;16-;13-;;;/m000.../s1. The number of hydrogen-bond acceptors (Lipinski definition) is 15. The molecule has 1 aliphatic carbocycles. The van der Waals surface area contributed by atoms with Gasteiger partial charge < -0.3 is 35.5 Å². The first-order valence-corrected chi connectivity index (χ1v) is 30.5. The Morgan fingerprint density at radius 3 is 1.38 bits per heavy atom. The number of aromatic amines is 3. The molecule has 6 N–H and O–H groups in total. The number of para-hydroxylation sites is 1. The fourth-order valence-electron chi connectivity index (χ4n) is 12.4. The van der Waals surface area contributed by atoms with Crippen LogP contribution in [-0.2, 0) is 0 Å². The molecule has 94 heavy (non-hydrogen) atoms. The minimum atomic E-state index is -0.210. The Morgan fingerprint density at radius 2 is 0.904 bits per heavy atom. The Hall–Kier alpha value is -10.2. The van der Waals surface area contributed by atoms with Crippen LogP contribution in [-0.4, -0.2) is 73.5 Å². The lowest BCUT2D eigenvalue weighted by Gasteiger charge is -2.32. The van der Waals surface area contributed by atoms with Gasteiger partial charge in [-0.05, 0) is 155 Å². The smallest absolute Gasteiger partial charge is 0.263 e. The van der Waals surface area contributed by atoms with E-state index in [9.17, 15) is 14.4 Å². The maximum absolute atomic E-state index is 13.8. The summed E-state index contributed by atoms with van der Waals surface area (Å²) in [4.78, 5) is 88.6. The van der Waals surface area contributed by atoms with Crippen LogP contribution in [0.2, 0.25) is 0 Å². The minimum absolute atomic E-state index is 0. The fraction of sp³-hybridized carbons (Fsp3) is 0.229. The maximum atomic E-state index is 13.8. The van der Waals surface area contributed by atoms with Gasteiger partial charge in [0.05, 0.1) is 59.0 Å². The molecule has 21 nitrogen and oxygen atoms in total. The van der Waals surface area contributed by atoms with Gasteiger partial charge in [-0.15, -0.1) is 0 Å². The van der Waals surface area contributed by atoms with Gasteiger partial charge in [0.25, 0.3) is 16.7 Å². The summed E-state index contributed by atoms with van der Waals surface area (Å²) in [5, 5.41) is 15.6. The van der Waals surface area contributed by atoms with E-state index in [2.05, 4.69) is 108 Å². The number of benzene rings is 5. The molecule has 5 aromatic carbocycles. The number of rotatable bonds is 13. The van der Waals surface area contributed by atoms with Gasteiger partial charge in [-0.2, -0.15) is 40.5 Å². The quantitative estimate of drug-likeness (QED) is 0.0627. The van der Waals surface area contributed by atoms with Crippen LogP contribution in [0.3, 0.4) is 0 Å². The van der Waals surface area contributed by atoms with Crippen LogP contribution in [0.5, 0.6) is 0 Å². The highest BCUT2D eigenvalue weighted by molar-refractivity contribution is 7.59. The summed E-state index contributed by atoms with van der Waals surface area (Å²) in [6.07, 6.45) is 13.3. The average Bonchev–Trinajstić information content (AvgIpc) is 0.978. The molecule has 1 aliphatic rings. The molecule has 0 radical (unpaired) electrons. The number of hydrogen-bond donors (Lipinski definition) is 6. The number of aromatic nitrogens is 15. The Balaban J connectivity index is 0.000000152. The predicted molar refractivity (Wildman–Crippen MR) is 391 cm³/mol. The third kappa shape index (κ3) is 12.7. The van der Waals surface area contributed by atoms with E-state index in [1.165, 1.54) is 25.4 Å². The first kappa shape index (κ1) is 66.7. The summed E-state index contributed by atoms with van der Waals surface area (Å²) in [5.41, 5.74) is 13.7. The predicted octanol–water partition coefficient (Wildman–Crippen LogP) is 13.5. The van der Waals surface area contributed by atoms with Gasteiger partial charge in [-0.1, -0.05) is 91.9 Å². The average molecular weight is 1310 g/mol. The highest BCUT2D eigenvalue weighted by Crippen LogP contribution is 2.36. The van der Waals surface area contributed by atoms with Crippen molar-refractivity contribution in [3.05, 3.63) is 235 Å². The van der Waals surface area contributed by atoms with E-state index >= 15 is 0 Å². The van der Waals surface area contributed by atoms with Crippen LogP contribution >= 0.6 is 40.5 Å². The molecule has 15 rings (SSSR count). The zero-order chi connectivity index (χ0) is 63.0. The number of anilines is 3. The first-order chi connectivity index (χ1) is 44.2. The van der Waals surface area contributed by atoms with Crippen LogP contribution in [0, 0.1) is 34.6 Å². The summed E-state index contributed by atoms with van der Waals surface area (Å²) >= 11 is 0. The largest absolute Gasteiger partial charge is 0.360 e. The topological polar surface area (TPSA) is 265 Å². The number of H-pyrrole nitrogens is 3. The molecule has 0 aliphatic heterocycles. The summed E-state index contributed by atoms with van der Waals surface area (Å²) in [6, 6.07) is 40.1. The molecule has 480 valence electrons. The Bertz CT molecular complexity index is 5270. The van der Waals surface area contributed by atoms with Crippen LogP contribution in [0.25, 0.3) is 77.2 Å². The number of aryl methyl sites for hydroxylation is 5. The lowest BCUT2D eigenvalue weighted by atomic mass is 9.91. The van der Waals surface area contributed by atoms with Gasteiger partial charge in [0.2, 0.25) is 0 Å². The minimum Gasteiger partial charge on any atom is -0.360 e. The van der Waals surface area contributed by atoms with Crippen LogP contribution in [0.15, 0.2) is 174 Å². The number of pyridine rings is 3. The molecule has 0 saturated heterocycles. The monoisotopic (exact) mass is 1310 g/mol. The van der Waals surface area contributed by atoms with Crippen LogP contribution in [0.4, 0.5) is 17.5 Å². The number of nitrogens with one attached hydrogen (secondary N) is 6. The molecule has 1 fully saturated rings. The second-order valence-electron chi connectivity index (χ2n) is 23.3. The summed E-state index contributed by atoms with van der Waals surface area (Å²) in [7, 11) is 0. The second-order valence-corrected chi connectivity index (χ2v) is 23.3. The van der Waals surface area contributed by atoms with Crippen molar-refractivity contribution in [2.75, 3.05) is 16.0 Å². The van der Waals surface area contributed by atoms with Gasteiger partial charge in [0.1, 0.15) is 35.5 Å². The van der Waals surface area contributed by atoms with Crippen molar-refractivity contribution < 1.29 is 0 Å². The second kappa shape index (κ2) is 28.4. The van der Waals surface area contributed by atoms with Gasteiger partial charge in [0, 0.05) is 28.8 Å². The van der Waals surface area contributed by atoms with Gasteiger partial charge in [-0.3, -0.25) is 23.5 Å². The molecule has 0 unspecified atom stereocenters. The molecule has 14 aromatic rings. The molecule has 3 atom stereocenters. The van der Waals surface area contributed by atoms with Crippen molar-refractivity contribution in [3.63, 3.8) is 0 Å². The molecule has 24 heteroatoms. The maximum Gasteiger partial charge on any atom is 0.263 e. The lowest BCUT2D eigenvalue weighted by molar-refractivity contribution is 0.298. The zero-order valence-corrected chi connectivity index (χ0v) is 56.2. The molecule has 1 saturated carbocycles. The fourth-order valence-corrected chi connectivity index (χ4v) is 12.4. The van der Waals surface area contributed by atoms with E-state index in [1.807, 2.05) is 158 Å². The summed E-state index contributed by atoms with van der Waals surface area (Å²) < 4.78 is 5.64. The van der Waals surface area contributed by atoms with E-state index in [0.29, 0.717) is 34.4 Å². The Kier molecular flexibility index (Phi) is 20.1. The number of imidazole rings is 3. The molecular weight excluding hydrogens is 1240 g/mol. The van der Waals surface area contributed by atoms with E-state index in [-0.39, 0.29) is 81.3 Å². The van der Waals surface area contributed by atoms with Gasteiger partial charge >= 0.3 is 0 Å². The zero-order valence-electron chi connectivity index (χ0n) is 53.2. The van der Waals surface area contributed by atoms with Crippen molar-refractivity contribution in [2.24, 2.45) is 0 Å². The summed E-state index contributed by atoms with van der Waals surface area (Å²) in [6.45, 7) is 16.2. The van der Waals surface area contributed by atoms with Crippen LogP contribution in [0.1, 0.15) is 116 Å². The molecule has 9 heterocycles. The molecule has 0 amide bonds. The van der Waals surface area contributed by atoms with Gasteiger partial charge in [-0.25, -0.2) is 44.9 Å². The van der Waals surface area contributed by atoms with Crippen molar-refractivity contribution in [2.45, 2.75) is 105 Å². The van der Waals surface area contributed by atoms with Crippen LogP contribution < -0.4 is 32.6 Å². The number of nitrogens with zero attached hydrogens (tertiary/aromatic N) is 12. The summed E-state index contributed by atoms with van der Waals surface area (Å²) in [5.74, 6) is 1.99. The number of fused-ring (bicyclic) bond motifs is 6. The van der Waals surface area contributed by atoms with E-state index in [1.54, 1.807) is 19.0 Å². The van der Waals surface area contributed by atoms with E-state index in [0.717, 1.165) is 124 Å². The first-order valence-electron chi connectivity index (χ1n) is 30.5. The third-order valence-electron chi connectivity index (χ3n) is 17.3. The normalized spacial score (nSPS) is 12.9. The van der Waals surface area contributed by atoms with Crippen molar-refractivity contribution in [1.29, 1.82) is 0 Å². The highest BCUT2D eigenvalue weighted by atomic mass is 32.1. The Morgan fingerprint density at radius 1 is 0.468 bits per heavy atom. The van der Waals surface area contributed by atoms with Crippen molar-refractivity contribution in [1.82, 2.24) is 73.5 Å². The van der Waals surface area contributed by atoms with E-state index in [4.69, 9.17) is 0 Å². The van der Waals surface area contributed by atoms with Gasteiger partial charge in [0.15, 0.2) is 34.4 Å². The lowest BCUT2D eigenvalue weighted by Crippen LogP contribution is -2.33. The molecular formula is C70H74N18O3S3. The molecule has 9 aromatic heterocycles. The van der Waals surface area contributed by atoms with E-state index < -0.39 is 0 Å². The Labute approximate surface area is 561 Å². The SMILES string of the molecule is CC[C@H](Nc1ncnc2nc[nH]c12)c1cc2cccc(C)c2c(=O)n1-c1cccc(C)c1.Cc1cccc2cc([C@H](C)Nc3ncnc4nc[nH]c34)n(C3CCC3)c(=O)c12.Cc1ccccc1-n1c([C@H](C)Nc2ncnc3nc[nH]c23)cc2cccc(C)c2c1=O.S.S.S. The van der Waals surface area contributed by atoms with Crippen molar-refractivity contribution in [3.8, 4) is 11.4 Å². The highest BCUT2D eigenvalue weighted by Gasteiger charge is 2.28. The molecule has 0 bridgehead atoms. The van der Waals surface area contributed by atoms with Crippen molar-refractivity contribution >= 4 is 124 Å².